The summed E-state index contributed by atoms with van der Waals surface area (Å²) in [4.78, 5) is 14.9. The van der Waals surface area contributed by atoms with Gasteiger partial charge in [-0.05, 0) is 37.5 Å². The van der Waals surface area contributed by atoms with Crippen LogP contribution in [0.1, 0.15) is 25.7 Å². The quantitative estimate of drug-likeness (QED) is 0.783. The fourth-order valence-corrected chi connectivity index (χ4v) is 4.14. The fraction of sp³-hybridized carbons (Fsp3) is 0.667. The second-order valence-corrected chi connectivity index (χ2v) is 6.34. The molecule has 2 heterocycles. The number of carbonyl (C=O) groups is 1. The lowest BCUT2D eigenvalue weighted by Crippen LogP contribution is -2.42. The number of allylic oxidation sites excluding steroid dienone is 2. The van der Waals surface area contributed by atoms with Crippen LogP contribution in [0.3, 0.4) is 0 Å². The van der Waals surface area contributed by atoms with E-state index in [2.05, 4.69) is 27.4 Å². The average molecular weight is 272 g/mol. The highest BCUT2D eigenvalue weighted by atomic mass is 16.2. The normalized spacial score (nSPS) is 35.1. The molecule has 2 aliphatic carbocycles. The van der Waals surface area contributed by atoms with Crippen molar-refractivity contribution in [2.24, 2.45) is 17.8 Å². The Balaban J connectivity index is 1.46. The summed E-state index contributed by atoms with van der Waals surface area (Å²) in [5, 5.41) is 7.87. The van der Waals surface area contributed by atoms with E-state index in [0.29, 0.717) is 23.8 Å². The fourth-order valence-electron chi connectivity index (χ4n) is 4.14. The zero-order valence-corrected chi connectivity index (χ0v) is 11.6. The van der Waals surface area contributed by atoms with E-state index in [1.165, 1.54) is 6.42 Å². The number of rotatable bonds is 3. The molecule has 106 valence electrons. The highest BCUT2D eigenvalue weighted by molar-refractivity contribution is 5.80. The molecule has 2 fully saturated rings. The van der Waals surface area contributed by atoms with Crippen LogP contribution >= 0.6 is 0 Å². The molecule has 1 saturated carbocycles. The van der Waals surface area contributed by atoms with E-state index in [9.17, 15) is 4.79 Å². The van der Waals surface area contributed by atoms with Gasteiger partial charge in [-0.15, -0.1) is 5.10 Å². The van der Waals surface area contributed by atoms with Crippen LogP contribution in [-0.4, -0.2) is 38.4 Å². The van der Waals surface area contributed by atoms with Gasteiger partial charge >= 0.3 is 0 Å². The summed E-state index contributed by atoms with van der Waals surface area (Å²) < 4.78 is 1.84. The molecule has 0 radical (unpaired) electrons. The maximum Gasteiger partial charge on any atom is 0.226 e. The topological polar surface area (TPSA) is 51.0 Å². The van der Waals surface area contributed by atoms with E-state index in [1.54, 1.807) is 6.20 Å². The average Bonchev–Trinajstić information content (AvgIpc) is 3.23. The zero-order chi connectivity index (χ0) is 13.5. The van der Waals surface area contributed by atoms with Gasteiger partial charge in [-0.3, -0.25) is 9.48 Å². The molecule has 0 aromatic carbocycles. The number of carbonyl (C=O) groups excluding carboxylic acids is 1. The third-order valence-corrected chi connectivity index (χ3v) is 5.13. The first kappa shape index (κ1) is 12.1. The number of likely N-dealkylation sites (tertiary alicyclic amines) is 1. The molecule has 3 unspecified atom stereocenters. The van der Waals surface area contributed by atoms with Gasteiger partial charge in [0, 0.05) is 18.7 Å². The second kappa shape index (κ2) is 4.72. The summed E-state index contributed by atoms with van der Waals surface area (Å²) in [6.45, 7) is 1.69. The van der Waals surface area contributed by atoms with Crippen molar-refractivity contribution in [1.29, 1.82) is 0 Å². The van der Waals surface area contributed by atoms with E-state index in [-0.39, 0.29) is 5.92 Å². The Morgan fingerprint density at radius 3 is 2.95 bits per heavy atom. The number of nitrogens with zero attached hydrogens (tertiary/aromatic N) is 4. The van der Waals surface area contributed by atoms with Crippen LogP contribution in [0.15, 0.2) is 24.5 Å². The van der Waals surface area contributed by atoms with Gasteiger partial charge in [-0.1, -0.05) is 17.4 Å². The first-order valence-corrected chi connectivity index (χ1v) is 7.64. The van der Waals surface area contributed by atoms with Crippen molar-refractivity contribution < 1.29 is 4.79 Å². The van der Waals surface area contributed by atoms with Crippen LogP contribution in [0.4, 0.5) is 0 Å². The molecule has 1 aromatic heterocycles. The van der Waals surface area contributed by atoms with E-state index >= 15 is 0 Å². The number of amides is 1. The smallest absolute Gasteiger partial charge is 0.226 e. The highest BCUT2D eigenvalue weighted by Crippen LogP contribution is 2.44. The first-order chi connectivity index (χ1) is 9.81. The number of hydrogen-bond acceptors (Lipinski definition) is 3. The van der Waals surface area contributed by atoms with Crippen LogP contribution in [0, 0.1) is 17.8 Å². The van der Waals surface area contributed by atoms with E-state index in [0.717, 1.165) is 32.4 Å². The molecule has 1 saturated heterocycles. The maximum atomic E-state index is 12.8. The Morgan fingerprint density at radius 1 is 1.30 bits per heavy atom. The molecule has 0 N–H and O–H groups in total. The molecular formula is C15H20N4O. The molecule has 4 atom stereocenters. The third-order valence-electron chi connectivity index (χ3n) is 5.13. The van der Waals surface area contributed by atoms with Crippen molar-refractivity contribution in [2.75, 3.05) is 6.54 Å². The van der Waals surface area contributed by atoms with Gasteiger partial charge in [-0.25, -0.2) is 0 Å². The minimum absolute atomic E-state index is 0.237. The van der Waals surface area contributed by atoms with Crippen LogP contribution in [0.2, 0.25) is 0 Å². The van der Waals surface area contributed by atoms with Gasteiger partial charge < -0.3 is 4.90 Å². The Hall–Kier alpha value is -1.65. The van der Waals surface area contributed by atoms with E-state index < -0.39 is 0 Å². The minimum Gasteiger partial charge on any atom is -0.338 e. The Bertz CT molecular complexity index is 524. The summed E-state index contributed by atoms with van der Waals surface area (Å²) in [5.74, 6) is 1.77. The predicted octanol–water partition coefficient (Wildman–Crippen LogP) is 1.48. The molecule has 0 spiro atoms. The van der Waals surface area contributed by atoms with Gasteiger partial charge in [-0.2, -0.15) is 0 Å². The van der Waals surface area contributed by atoms with Crippen molar-refractivity contribution in [3.63, 3.8) is 0 Å². The lowest BCUT2D eigenvalue weighted by atomic mass is 9.92. The molecule has 5 heteroatoms. The molecule has 1 amide bonds. The van der Waals surface area contributed by atoms with Crippen LogP contribution in [0.5, 0.6) is 0 Å². The van der Waals surface area contributed by atoms with Gasteiger partial charge in [0.05, 0.1) is 18.8 Å². The van der Waals surface area contributed by atoms with Crippen molar-refractivity contribution in [1.82, 2.24) is 19.9 Å². The van der Waals surface area contributed by atoms with Crippen LogP contribution < -0.4 is 0 Å². The lowest BCUT2D eigenvalue weighted by Gasteiger charge is -2.29. The number of hydrogen-bond donors (Lipinski definition) is 0. The van der Waals surface area contributed by atoms with Gasteiger partial charge in [0.1, 0.15) is 0 Å². The Kier molecular flexibility index (Phi) is 2.86. The Labute approximate surface area is 118 Å². The summed E-state index contributed by atoms with van der Waals surface area (Å²) >= 11 is 0. The van der Waals surface area contributed by atoms with Crippen LogP contribution in [0.25, 0.3) is 0 Å². The molecule has 5 nitrogen and oxygen atoms in total. The number of aromatic nitrogens is 3. The van der Waals surface area contributed by atoms with E-state index in [1.807, 2.05) is 10.9 Å². The van der Waals surface area contributed by atoms with Crippen molar-refractivity contribution in [3.8, 4) is 0 Å². The van der Waals surface area contributed by atoms with Crippen molar-refractivity contribution >= 4 is 5.91 Å². The summed E-state index contributed by atoms with van der Waals surface area (Å²) in [7, 11) is 0. The van der Waals surface area contributed by atoms with Crippen molar-refractivity contribution in [2.45, 2.75) is 38.3 Å². The van der Waals surface area contributed by atoms with Crippen LogP contribution in [-0.2, 0) is 11.3 Å². The Morgan fingerprint density at radius 2 is 2.25 bits per heavy atom. The lowest BCUT2D eigenvalue weighted by molar-refractivity contribution is -0.137. The van der Waals surface area contributed by atoms with Gasteiger partial charge in [0.15, 0.2) is 0 Å². The number of fused-ring (bicyclic) bond motifs is 2. The first-order valence-electron chi connectivity index (χ1n) is 7.64. The zero-order valence-electron chi connectivity index (χ0n) is 11.6. The maximum absolute atomic E-state index is 12.8. The molecule has 1 aromatic rings. The summed E-state index contributed by atoms with van der Waals surface area (Å²) in [6, 6.07) is 0.298. The van der Waals surface area contributed by atoms with Gasteiger partial charge in [0.2, 0.25) is 5.91 Å². The largest absolute Gasteiger partial charge is 0.338 e. The SMILES string of the molecule is O=C(C1CC2C=CC1C2)N1CCC[C@H]1Cn1ccnn1. The predicted molar refractivity (Wildman–Crippen MR) is 73.6 cm³/mol. The van der Waals surface area contributed by atoms with Gasteiger partial charge in [0.25, 0.3) is 0 Å². The molecular weight excluding hydrogens is 252 g/mol. The molecule has 1 aliphatic heterocycles. The summed E-state index contributed by atoms with van der Waals surface area (Å²) in [6.07, 6.45) is 12.6. The monoisotopic (exact) mass is 272 g/mol. The van der Waals surface area contributed by atoms with Crippen molar-refractivity contribution in [3.05, 3.63) is 24.5 Å². The summed E-state index contributed by atoms with van der Waals surface area (Å²) in [5.41, 5.74) is 0. The molecule has 4 rings (SSSR count). The molecule has 2 bridgehead atoms. The standard InChI is InChI=1S/C15H20N4O/c20-15(14-9-11-3-4-12(14)8-11)19-6-1-2-13(19)10-18-7-5-16-17-18/h3-5,7,11-14H,1-2,6,8-10H2/t11?,12?,13-,14?/m0/s1. The van der Waals surface area contributed by atoms with E-state index in [4.69, 9.17) is 0 Å². The highest BCUT2D eigenvalue weighted by Gasteiger charge is 2.43. The minimum atomic E-state index is 0.237. The second-order valence-electron chi connectivity index (χ2n) is 6.34. The third kappa shape index (κ3) is 1.96. The molecule has 20 heavy (non-hydrogen) atoms. The molecule has 3 aliphatic rings.